The van der Waals surface area contributed by atoms with Crippen LogP contribution in [-0.4, -0.2) is 24.1 Å². The van der Waals surface area contributed by atoms with Crippen molar-refractivity contribution >= 4 is 40.5 Å². The fraction of sp³-hybridized carbons (Fsp3) is 0.261. The maximum Gasteiger partial charge on any atom is 0.258 e. The van der Waals surface area contributed by atoms with Gasteiger partial charge in [-0.05, 0) is 53.6 Å². The summed E-state index contributed by atoms with van der Waals surface area (Å²) in [5.41, 5.74) is 3.15. The molecule has 0 aromatic heterocycles. The molecular weight excluding hydrogens is 421 g/mol. The molecule has 2 aromatic rings. The third-order valence-electron chi connectivity index (χ3n) is 4.73. The number of hydrogen-bond donors (Lipinski definition) is 4. The van der Waals surface area contributed by atoms with Gasteiger partial charge in [-0.3, -0.25) is 4.79 Å². The number of anilines is 2. The molecule has 30 heavy (non-hydrogen) atoms. The molecule has 1 aliphatic heterocycles. The van der Waals surface area contributed by atoms with E-state index in [1.54, 1.807) is 30.3 Å². The molecule has 4 N–H and O–H groups in total. The van der Waals surface area contributed by atoms with Gasteiger partial charge in [-0.15, -0.1) is 0 Å². The Labute approximate surface area is 186 Å². The summed E-state index contributed by atoms with van der Waals surface area (Å²) < 4.78 is 0. The highest BCUT2D eigenvalue weighted by Gasteiger charge is 2.21. The second kappa shape index (κ2) is 9.02. The van der Waals surface area contributed by atoms with Gasteiger partial charge < -0.3 is 21.1 Å². The molecule has 0 atom stereocenters. The van der Waals surface area contributed by atoms with Crippen molar-refractivity contribution in [2.75, 3.05) is 23.7 Å². The summed E-state index contributed by atoms with van der Waals surface area (Å²) in [5, 5.41) is 19.9. The standard InChI is InChI=1S/C23H25Cl2N3O2/c1-23(2,3)17-9-15(6-7-20(17)29)28-22(30)21-18(24)10-16(11-19(21)25)27-13-14-5-4-8-26-12-14/h4-11,26-27,29H,12-13H2,1-3H3,(H,28,30). The second-order valence-corrected chi connectivity index (χ2v) is 8.98. The van der Waals surface area contributed by atoms with E-state index in [1.165, 1.54) is 5.57 Å². The predicted octanol–water partition coefficient (Wildman–Crippen LogP) is 5.70. The third kappa shape index (κ3) is 5.29. The number of dihydropyridines is 1. The molecule has 5 nitrogen and oxygen atoms in total. The number of nitrogens with one attached hydrogen (secondary N) is 3. The minimum atomic E-state index is -0.411. The highest BCUT2D eigenvalue weighted by Crippen LogP contribution is 2.34. The number of hydrogen-bond acceptors (Lipinski definition) is 4. The molecule has 1 heterocycles. The van der Waals surface area contributed by atoms with E-state index in [4.69, 9.17) is 23.2 Å². The zero-order chi connectivity index (χ0) is 21.9. The van der Waals surface area contributed by atoms with Crippen LogP contribution in [-0.2, 0) is 5.41 Å². The van der Waals surface area contributed by atoms with Gasteiger partial charge in [-0.2, -0.15) is 0 Å². The molecule has 1 aliphatic rings. The van der Waals surface area contributed by atoms with Gasteiger partial charge in [0.2, 0.25) is 0 Å². The first-order chi connectivity index (χ1) is 14.1. The van der Waals surface area contributed by atoms with Crippen LogP contribution in [0, 0.1) is 0 Å². The lowest BCUT2D eigenvalue weighted by Crippen LogP contribution is -2.18. The van der Waals surface area contributed by atoms with E-state index >= 15 is 0 Å². The van der Waals surface area contributed by atoms with Crippen LogP contribution in [0.1, 0.15) is 36.7 Å². The van der Waals surface area contributed by atoms with Crippen LogP contribution < -0.4 is 16.0 Å². The molecule has 0 radical (unpaired) electrons. The van der Waals surface area contributed by atoms with Crippen molar-refractivity contribution in [1.82, 2.24) is 5.32 Å². The quantitative estimate of drug-likeness (QED) is 0.445. The fourth-order valence-corrected chi connectivity index (χ4v) is 3.80. The first-order valence-electron chi connectivity index (χ1n) is 9.61. The molecular formula is C23H25Cl2N3O2. The molecule has 0 spiro atoms. The highest BCUT2D eigenvalue weighted by molar-refractivity contribution is 6.40. The minimum absolute atomic E-state index is 0.186. The number of carbonyl (C=O) groups is 1. The molecule has 0 unspecified atom stereocenters. The van der Waals surface area contributed by atoms with Crippen LogP contribution in [0.15, 0.2) is 54.3 Å². The van der Waals surface area contributed by atoms with Gasteiger partial charge >= 0.3 is 0 Å². The van der Waals surface area contributed by atoms with Gasteiger partial charge in [0.15, 0.2) is 0 Å². The monoisotopic (exact) mass is 445 g/mol. The Morgan fingerprint density at radius 3 is 2.43 bits per heavy atom. The second-order valence-electron chi connectivity index (χ2n) is 8.17. The van der Waals surface area contributed by atoms with Crippen molar-refractivity contribution in [3.63, 3.8) is 0 Å². The summed E-state index contributed by atoms with van der Waals surface area (Å²) in [6, 6.07) is 8.33. The number of phenolic OH excluding ortho intramolecular Hbond substituents is 1. The van der Waals surface area contributed by atoms with Crippen molar-refractivity contribution in [1.29, 1.82) is 0 Å². The highest BCUT2D eigenvalue weighted by atomic mass is 35.5. The summed E-state index contributed by atoms with van der Waals surface area (Å²) >= 11 is 12.8. The van der Waals surface area contributed by atoms with E-state index in [2.05, 4.69) is 16.0 Å². The number of rotatable bonds is 5. The lowest BCUT2D eigenvalue weighted by molar-refractivity contribution is 0.102. The third-order valence-corrected chi connectivity index (χ3v) is 5.32. The number of phenols is 1. The molecule has 158 valence electrons. The smallest absolute Gasteiger partial charge is 0.258 e. The SMILES string of the molecule is CC(C)(C)c1cc(NC(=O)c2c(Cl)cc(NCC3=CC=CNC3)cc2Cl)ccc1O. The number of halogens is 2. The number of allylic oxidation sites excluding steroid dienone is 2. The molecule has 0 saturated heterocycles. The minimum Gasteiger partial charge on any atom is -0.508 e. The lowest BCUT2D eigenvalue weighted by Gasteiger charge is -2.21. The summed E-state index contributed by atoms with van der Waals surface area (Å²) in [5.74, 6) is -0.225. The van der Waals surface area contributed by atoms with E-state index in [-0.39, 0.29) is 26.8 Å². The zero-order valence-electron chi connectivity index (χ0n) is 17.1. The van der Waals surface area contributed by atoms with Crippen LogP contribution >= 0.6 is 23.2 Å². The summed E-state index contributed by atoms with van der Waals surface area (Å²) in [6.07, 6.45) is 5.88. The van der Waals surface area contributed by atoms with Crippen molar-refractivity contribution < 1.29 is 9.90 Å². The van der Waals surface area contributed by atoms with Gasteiger partial charge in [0.1, 0.15) is 5.75 Å². The number of aromatic hydroxyl groups is 1. The number of carbonyl (C=O) groups excluding carboxylic acids is 1. The Morgan fingerprint density at radius 2 is 1.83 bits per heavy atom. The van der Waals surface area contributed by atoms with Gasteiger partial charge in [0.05, 0.1) is 15.6 Å². The average Bonchev–Trinajstić information content (AvgIpc) is 2.67. The average molecular weight is 446 g/mol. The first-order valence-corrected chi connectivity index (χ1v) is 10.4. The Kier molecular flexibility index (Phi) is 6.64. The largest absolute Gasteiger partial charge is 0.508 e. The molecule has 0 aliphatic carbocycles. The number of amides is 1. The van der Waals surface area contributed by atoms with Crippen molar-refractivity contribution in [3.05, 3.63) is 75.4 Å². The fourth-order valence-electron chi connectivity index (χ4n) is 3.14. The molecule has 7 heteroatoms. The van der Waals surface area contributed by atoms with Crippen LogP contribution in [0.25, 0.3) is 0 Å². The topological polar surface area (TPSA) is 73.4 Å². The van der Waals surface area contributed by atoms with E-state index in [0.29, 0.717) is 12.2 Å². The summed E-state index contributed by atoms with van der Waals surface area (Å²) in [4.78, 5) is 12.8. The Hall–Kier alpha value is -2.63. The van der Waals surface area contributed by atoms with Gasteiger partial charge in [0, 0.05) is 30.0 Å². The first kappa shape index (κ1) is 22.1. The van der Waals surface area contributed by atoms with Gasteiger partial charge in [-0.25, -0.2) is 0 Å². The Bertz CT molecular complexity index is 1000. The van der Waals surface area contributed by atoms with Crippen molar-refractivity contribution in [2.45, 2.75) is 26.2 Å². The van der Waals surface area contributed by atoms with Crippen molar-refractivity contribution in [2.24, 2.45) is 0 Å². The molecule has 3 rings (SSSR count). The van der Waals surface area contributed by atoms with E-state index in [1.807, 2.05) is 39.1 Å². The van der Waals surface area contributed by atoms with Gasteiger partial charge in [0.25, 0.3) is 5.91 Å². The predicted molar refractivity (Wildman–Crippen MR) is 125 cm³/mol. The lowest BCUT2D eigenvalue weighted by atomic mass is 9.86. The van der Waals surface area contributed by atoms with Crippen LogP contribution in [0.5, 0.6) is 5.75 Å². The van der Waals surface area contributed by atoms with Crippen LogP contribution in [0.3, 0.4) is 0 Å². The number of benzene rings is 2. The maximum atomic E-state index is 12.8. The van der Waals surface area contributed by atoms with E-state index in [9.17, 15) is 9.90 Å². The molecule has 0 saturated carbocycles. The normalized spacial score (nSPS) is 13.4. The maximum absolute atomic E-state index is 12.8. The Balaban J connectivity index is 1.76. The molecule has 0 fully saturated rings. The molecule has 1 amide bonds. The van der Waals surface area contributed by atoms with E-state index in [0.717, 1.165) is 17.8 Å². The Morgan fingerprint density at radius 1 is 1.13 bits per heavy atom. The van der Waals surface area contributed by atoms with Crippen LogP contribution in [0.4, 0.5) is 11.4 Å². The van der Waals surface area contributed by atoms with Gasteiger partial charge in [-0.1, -0.05) is 50.0 Å². The van der Waals surface area contributed by atoms with Crippen molar-refractivity contribution in [3.8, 4) is 5.75 Å². The summed E-state index contributed by atoms with van der Waals surface area (Å²) in [7, 11) is 0. The summed E-state index contributed by atoms with van der Waals surface area (Å²) in [6.45, 7) is 7.38. The van der Waals surface area contributed by atoms with E-state index < -0.39 is 5.91 Å². The zero-order valence-corrected chi connectivity index (χ0v) is 18.7. The van der Waals surface area contributed by atoms with Crippen LogP contribution in [0.2, 0.25) is 10.0 Å². The molecule has 0 bridgehead atoms. The molecule has 2 aromatic carbocycles.